The third-order valence-electron chi connectivity index (χ3n) is 4.85. The first-order valence-electron chi connectivity index (χ1n) is 10.1. The molecule has 2 aromatic carbocycles. The summed E-state index contributed by atoms with van der Waals surface area (Å²) in [6.07, 6.45) is 3.43. The molecule has 0 spiro atoms. The predicted molar refractivity (Wildman–Crippen MR) is 115 cm³/mol. The zero-order chi connectivity index (χ0) is 21.4. The molecule has 6 heteroatoms. The number of aromatic carboxylic acids is 1. The molecule has 1 amide bonds. The second-order valence-corrected chi connectivity index (χ2v) is 7.14. The van der Waals surface area contributed by atoms with Crippen molar-refractivity contribution in [2.24, 2.45) is 0 Å². The van der Waals surface area contributed by atoms with E-state index in [4.69, 9.17) is 10.5 Å². The van der Waals surface area contributed by atoms with Gasteiger partial charge in [0.05, 0.1) is 11.3 Å². The first kappa shape index (κ1) is 22.3. The number of hydrogen-bond donors (Lipinski definition) is 3. The van der Waals surface area contributed by atoms with Gasteiger partial charge in [-0.15, -0.1) is 0 Å². The van der Waals surface area contributed by atoms with E-state index < -0.39 is 11.6 Å². The Balaban J connectivity index is 2.55. The molecule has 0 aliphatic carbocycles. The second-order valence-electron chi connectivity index (χ2n) is 7.14. The molecule has 0 bridgehead atoms. The Morgan fingerprint density at radius 1 is 1.07 bits per heavy atom. The van der Waals surface area contributed by atoms with Crippen molar-refractivity contribution < 1.29 is 19.4 Å². The van der Waals surface area contributed by atoms with Crippen molar-refractivity contribution in [3.63, 3.8) is 0 Å². The van der Waals surface area contributed by atoms with Gasteiger partial charge in [-0.1, -0.05) is 45.7 Å². The number of hydrogen-bond acceptors (Lipinski definition) is 4. The number of rotatable bonds is 10. The molecule has 0 atom stereocenters. The number of carboxylic acid groups (broad SMARTS) is 1. The van der Waals surface area contributed by atoms with Gasteiger partial charge >= 0.3 is 5.97 Å². The van der Waals surface area contributed by atoms with Gasteiger partial charge in [-0.05, 0) is 42.7 Å². The normalized spacial score (nSPS) is 11.1. The smallest absolute Gasteiger partial charge is 0.337 e. The summed E-state index contributed by atoms with van der Waals surface area (Å²) in [6.45, 7) is 5.86. The minimum atomic E-state index is -1.09. The lowest BCUT2D eigenvalue weighted by Gasteiger charge is -2.35. The van der Waals surface area contributed by atoms with Crippen molar-refractivity contribution in [3.05, 3.63) is 53.6 Å². The number of benzene rings is 2. The largest absolute Gasteiger partial charge is 0.483 e. The van der Waals surface area contributed by atoms with Crippen LogP contribution in [0, 0.1) is 0 Å². The molecule has 0 saturated carbocycles. The second kappa shape index (κ2) is 9.96. The zero-order valence-electron chi connectivity index (χ0n) is 17.3. The van der Waals surface area contributed by atoms with Crippen molar-refractivity contribution in [1.29, 1.82) is 0 Å². The molecule has 0 aliphatic heterocycles. The Morgan fingerprint density at radius 2 is 1.76 bits per heavy atom. The average molecular weight is 399 g/mol. The summed E-state index contributed by atoms with van der Waals surface area (Å²) >= 11 is 0. The standard InChI is InChI=1S/C23H30N2O4/c1-4-12-23(13-5-2,29-18-9-7-8-17(24)15-18)16-10-11-20(25-21(26)6-3)19(14-16)22(27)28/h7-11,14-15H,4-6,12-13,24H2,1-3H3,(H,25,26)(H,27,28). The van der Waals surface area contributed by atoms with E-state index >= 15 is 0 Å². The van der Waals surface area contributed by atoms with Crippen molar-refractivity contribution in [2.45, 2.75) is 58.5 Å². The van der Waals surface area contributed by atoms with Gasteiger partial charge in [-0.3, -0.25) is 4.79 Å². The molecule has 0 aromatic heterocycles. The molecule has 0 aliphatic rings. The van der Waals surface area contributed by atoms with E-state index in [1.807, 2.05) is 18.2 Å². The van der Waals surface area contributed by atoms with Crippen molar-refractivity contribution in [1.82, 2.24) is 0 Å². The fourth-order valence-electron chi connectivity index (χ4n) is 3.54. The summed E-state index contributed by atoms with van der Waals surface area (Å²) in [4.78, 5) is 23.7. The minimum Gasteiger partial charge on any atom is -0.483 e. The van der Waals surface area contributed by atoms with Crippen LogP contribution in [-0.2, 0) is 10.4 Å². The molecule has 29 heavy (non-hydrogen) atoms. The zero-order valence-corrected chi connectivity index (χ0v) is 17.3. The van der Waals surface area contributed by atoms with Crippen LogP contribution in [0.1, 0.15) is 68.8 Å². The first-order valence-corrected chi connectivity index (χ1v) is 10.1. The molecule has 0 saturated heterocycles. The monoisotopic (exact) mass is 398 g/mol. The molecule has 0 fully saturated rings. The summed E-state index contributed by atoms with van der Waals surface area (Å²) in [5.41, 5.74) is 6.95. The van der Waals surface area contributed by atoms with Crippen LogP contribution >= 0.6 is 0 Å². The highest BCUT2D eigenvalue weighted by atomic mass is 16.5. The van der Waals surface area contributed by atoms with Crippen LogP contribution in [0.5, 0.6) is 5.75 Å². The maximum atomic E-state index is 11.9. The number of nitrogen functional groups attached to an aromatic ring is 1. The summed E-state index contributed by atoms with van der Waals surface area (Å²) in [5, 5.41) is 12.4. The number of nitrogens with two attached hydrogens (primary N) is 1. The molecule has 2 aromatic rings. The van der Waals surface area contributed by atoms with E-state index in [9.17, 15) is 14.7 Å². The van der Waals surface area contributed by atoms with Gasteiger partial charge in [0.15, 0.2) is 0 Å². The SMILES string of the molecule is CCCC(CCC)(Oc1cccc(N)c1)c1ccc(NC(=O)CC)c(C(=O)O)c1. The summed E-state index contributed by atoms with van der Waals surface area (Å²) in [7, 11) is 0. The predicted octanol–water partition coefficient (Wildman–Crippen LogP) is 5.19. The number of anilines is 2. The van der Waals surface area contributed by atoms with Crippen molar-refractivity contribution in [2.75, 3.05) is 11.1 Å². The third kappa shape index (κ3) is 5.50. The lowest BCUT2D eigenvalue weighted by atomic mass is 9.83. The molecular formula is C23H30N2O4. The molecule has 6 nitrogen and oxygen atoms in total. The lowest BCUT2D eigenvalue weighted by Crippen LogP contribution is -2.33. The molecule has 2 rings (SSSR count). The Morgan fingerprint density at radius 3 is 2.31 bits per heavy atom. The van der Waals surface area contributed by atoms with Gasteiger partial charge in [-0.25, -0.2) is 4.79 Å². The Labute approximate surface area is 172 Å². The van der Waals surface area contributed by atoms with E-state index in [-0.39, 0.29) is 17.9 Å². The number of carboxylic acids is 1. The number of ether oxygens (including phenoxy) is 1. The minimum absolute atomic E-state index is 0.0528. The average Bonchev–Trinajstić information content (AvgIpc) is 2.68. The van der Waals surface area contributed by atoms with Gasteiger partial charge < -0.3 is 20.9 Å². The van der Waals surface area contributed by atoms with Crippen LogP contribution in [0.25, 0.3) is 0 Å². The van der Waals surface area contributed by atoms with Crippen molar-refractivity contribution in [3.8, 4) is 5.75 Å². The quantitative estimate of drug-likeness (QED) is 0.478. The van der Waals surface area contributed by atoms with Crippen LogP contribution in [0.2, 0.25) is 0 Å². The maximum Gasteiger partial charge on any atom is 0.337 e. The van der Waals surface area contributed by atoms with Crippen molar-refractivity contribution >= 4 is 23.3 Å². The van der Waals surface area contributed by atoms with Crippen LogP contribution in [-0.4, -0.2) is 17.0 Å². The van der Waals surface area contributed by atoms with E-state index in [2.05, 4.69) is 19.2 Å². The van der Waals surface area contributed by atoms with Gasteiger partial charge in [0, 0.05) is 18.2 Å². The molecule has 4 N–H and O–H groups in total. The van der Waals surface area contributed by atoms with Gasteiger partial charge in [0.25, 0.3) is 0 Å². The summed E-state index contributed by atoms with van der Waals surface area (Å²) in [5.74, 6) is -0.680. The molecule has 0 radical (unpaired) electrons. The van der Waals surface area contributed by atoms with Gasteiger partial charge in [0.2, 0.25) is 5.91 Å². The fraction of sp³-hybridized carbons (Fsp3) is 0.391. The number of amides is 1. The summed E-state index contributed by atoms with van der Waals surface area (Å²) in [6, 6.07) is 12.4. The molecular weight excluding hydrogens is 368 g/mol. The van der Waals surface area contributed by atoms with E-state index in [0.717, 1.165) is 31.2 Å². The highest BCUT2D eigenvalue weighted by Crippen LogP contribution is 2.39. The topological polar surface area (TPSA) is 102 Å². The van der Waals surface area contributed by atoms with E-state index in [0.29, 0.717) is 17.1 Å². The Hall–Kier alpha value is -3.02. The Bertz CT molecular complexity index is 858. The number of carbonyl (C=O) groups excluding carboxylic acids is 1. The van der Waals surface area contributed by atoms with E-state index in [1.54, 1.807) is 31.2 Å². The fourth-order valence-corrected chi connectivity index (χ4v) is 3.54. The molecule has 0 heterocycles. The highest BCUT2D eigenvalue weighted by molar-refractivity contribution is 6.00. The highest BCUT2D eigenvalue weighted by Gasteiger charge is 2.34. The van der Waals surface area contributed by atoms with Crippen LogP contribution in [0.4, 0.5) is 11.4 Å². The van der Waals surface area contributed by atoms with Gasteiger partial charge in [-0.2, -0.15) is 0 Å². The molecule has 0 unspecified atom stereocenters. The summed E-state index contributed by atoms with van der Waals surface area (Å²) < 4.78 is 6.47. The van der Waals surface area contributed by atoms with Crippen LogP contribution in [0.15, 0.2) is 42.5 Å². The maximum absolute atomic E-state index is 11.9. The number of carbonyl (C=O) groups is 2. The first-order chi connectivity index (χ1) is 13.8. The van der Waals surface area contributed by atoms with E-state index in [1.165, 1.54) is 0 Å². The van der Waals surface area contributed by atoms with Gasteiger partial charge in [0.1, 0.15) is 11.4 Å². The third-order valence-corrected chi connectivity index (χ3v) is 4.85. The lowest BCUT2D eigenvalue weighted by molar-refractivity contribution is -0.115. The Kier molecular flexibility index (Phi) is 7.65. The van der Waals surface area contributed by atoms with Crippen LogP contribution in [0.3, 0.4) is 0 Å². The van der Waals surface area contributed by atoms with Crippen LogP contribution < -0.4 is 15.8 Å². The molecule has 156 valence electrons. The number of nitrogens with one attached hydrogen (secondary N) is 1.